The number of aliphatic hydroxyl groups excluding tert-OH is 1. The third kappa shape index (κ3) is 5.04. The number of hydrogen-bond acceptors (Lipinski definition) is 3. The zero-order chi connectivity index (χ0) is 13.5. The summed E-state index contributed by atoms with van der Waals surface area (Å²) in [6, 6.07) is 6.59. The number of hydrogen-bond donors (Lipinski definition) is 2. The Morgan fingerprint density at radius 2 is 2.00 bits per heavy atom. The number of carbonyl (C=O) groups is 1. The van der Waals surface area contributed by atoms with Crippen molar-refractivity contribution in [2.24, 2.45) is 0 Å². The van der Waals surface area contributed by atoms with Gasteiger partial charge in [-0.2, -0.15) is 0 Å². The van der Waals surface area contributed by atoms with Crippen molar-refractivity contribution in [1.29, 1.82) is 0 Å². The highest BCUT2D eigenvalue weighted by Gasteiger charge is 2.16. The largest absolute Gasteiger partial charge is 0.378 e. The van der Waals surface area contributed by atoms with E-state index in [1.54, 1.807) is 24.3 Å². The van der Waals surface area contributed by atoms with E-state index in [-0.39, 0.29) is 5.91 Å². The zero-order valence-electron chi connectivity index (χ0n) is 10.7. The molecule has 1 amide bonds. The maximum absolute atomic E-state index is 11.7. The van der Waals surface area contributed by atoms with Gasteiger partial charge in [0.2, 0.25) is 0 Å². The summed E-state index contributed by atoms with van der Waals surface area (Å²) in [6.07, 6.45) is -0.284. The van der Waals surface area contributed by atoms with E-state index in [9.17, 15) is 9.90 Å². The standard InChI is InChI=1S/C13H19ClN2O2/c1-16(2)9-3-8-15-13(18)12(17)10-4-6-11(14)7-5-10/h4-7,12,17H,3,8-9H2,1-2H3,(H,15,18). The van der Waals surface area contributed by atoms with E-state index in [2.05, 4.69) is 5.32 Å². The fourth-order valence-corrected chi connectivity index (χ4v) is 1.63. The lowest BCUT2D eigenvalue weighted by Gasteiger charge is -2.13. The van der Waals surface area contributed by atoms with Crippen molar-refractivity contribution in [1.82, 2.24) is 10.2 Å². The predicted octanol–water partition coefficient (Wildman–Crippen LogP) is 1.44. The van der Waals surface area contributed by atoms with Crippen LogP contribution in [0.15, 0.2) is 24.3 Å². The van der Waals surface area contributed by atoms with Crippen molar-refractivity contribution < 1.29 is 9.90 Å². The molecule has 100 valence electrons. The van der Waals surface area contributed by atoms with Crippen LogP contribution in [0.5, 0.6) is 0 Å². The number of benzene rings is 1. The molecule has 0 aromatic heterocycles. The van der Waals surface area contributed by atoms with Crippen molar-refractivity contribution in [2.75, 3.05) is 27.2 Å². The van der Waals surface area contributed by atoms with E-state index in [0.29, 0.717) is 17.1 Å². The number of aliphatic hydroxyl groups is 1. The minimum atomic E-state index is -1.14. The number of rotatable bonds is 6. The van der Waals surface area contributed by atoms with Crippen LogP contribution in [0.1, 0.15) is 18.1 Å². The van der Waals surface area contributed by atoms with Crippen LogP contribution in [0.25, 0.3) is 0 Å². The van der Waals surface area contributed by atoms with Gasteiger partial charge >= 0.3 is 0 Å². The van der Waals surface area contributed by atoms with Gasteiger partial charge in [-0.15, -0.1) is 0 Å². The molecule has 1 unspecified atom stereocenters. The first-order valence-corrected chi connectivity index (χ1v) is 6.24. The predicted molar refractivity (Wildman–Crippen MR) is 72.6 cm³/mol. The van der Waals surface area contributed by atoms with Crippen molar-refractivity contribution in [3.8, 4) is 0 Å². The first kappa shape index (κ1) is 15.0. The van der Waals surface area contributed by atoms with Gasteiger partial charge in [0.05, 0.1) is 0 Å². The van der Waals surface area contributed by atoms with Gasteiger partial charge in [-0.3, -0.25) is 4.79 Å². The van der Waals surface area contributed by atoms with Gasteiger partial charge < -0.3 is 15.3 Å². The molecule has 0 bridgehead atoms. The Bertz CT molecular complexity index is 379. The van der Waals surface area contributed by atoms with E-state index in [0.717, 1.165) is 13.0 Å². The van der Waals surface area contributed by atoms with Gasteiger partial charge in [-0.25, -0.2) is 0 Å². The summed E-state index contributed by atoms with van der Waals surface area (Å²) in [5.74, 6) is -0.379. The van der Waals surface area contributed by atoms with Gasteiger partial charge in [0, 0.05) is 11.6 Å². The van der Waals surface area contributed by atoms with E-state index in [1.807, 2.05) is 19.0 Å². The zero-order valence-corrected chi connectivity index (χ0v) is 11.4. The minimum absolute atomic E-state index is 0.379. The van der Waals surface area contributed by atoms with Crippen molar-refractivity contribution >= 4 is 17.5 Å². The number of nitrogens with zero attached hydrogens (tertiary/aromatic N) is 1. The van der Waals surface area contributed by atoms with Gasteiger partial charge in [0.25, 0.3) is 5.91 Å². The van der Waals surface area contributed by atoms with E-state index in [1.165, 1.54) is 0 Å². The van der Waals surface area contributed by atoms with Gasteiger partial charge in [-0.05, 0) is 44.8 Å². The van der Waals surface area contributed by atoms with Gasteiger partial charge in [0.15, 0.2) is 6.10 Å². The summed E-state index contributed by atoms with van der Waals surface area (Å²) in [7, 11) is 3.95. The Balaban J connectivity index is 2.39. The maximum Gasteiger partial charge on any atom is 0.253 e. The molecule has 18 heavy (non-hydrogen) atoms. The average molecular weight is 271 g/mol. The molecule has 2 N–H and O–H groups in total. The van der Waals surface area contributed by atoms with Crippen LogP contribution in [0.4, 0.5) is 0 Å². The fraction of sp³-hybridized carbons (Fsp3) is 0.462. The first-order valence-electron chi connectivity index (χ1n) is 5.86. The second-order valence-corrected chi connectivity index (χ2v) is 4.84. The highest BCUT2D eigenvalue weighted by Crippen LogP contribution is 2.16. The molecule has 5 heteroatoms. The van der Waals surface area contributed by atoms with Crippen LogP contribution in [-0.2, 0) is 4.79 Å². The Hall–Kier alpha value is -1.10. The molecule has 0 saturated carbocycles. The van der Waals surface area contributed by atoms with Gasteiger partial charge in [-0.1, -0.05) is 23.7 Å². The molecule has 4 nitrogen and oxygen atoms in total. The molecule has 1 atom stereocenters. The Kier molecular flexibility index (Phi) is 6.12. The summed E-state index contributed by atoms with van der Waals surface area (Å²) in [5, 5.41) is 13.1. The Morgan fingerprint density at radius 1 is 1.39 bits per heavy atom. The lowest BCUT2D eigenvalue weighted by Crippen LogP contribution is -2.31. The van der Waals surface area contributed by atoms with Crippen molar-refractivity contribution in [2.45, 2.75) is 12.5 Å². The third-order valence-electron chi connectivity index (χ3n) is 2.52. The van der Waals surface area contributed by atoms with Crippen LogP contribution in [-0.4, -0.2) is 43.1 Å². The molecule has 0 radical (unpaired) electrons. The molecule has 1 aromatic carbocycles. The summed E-state index contributed by atoms with van der Waals surface area (Å²) in [4.78, 5) is 13.7. The molecule has 0 aliphatic rings. The normalized spacial score (nSPS) is 12.5. The summed E-state index contributed by atoms with van der Waals surface area (Å²) in [5.41, 5.74) is 0.546. The molecule has 1 aromatic rings. The highest BCUT2D eigenvalue weighted by molar-refractivity contribution is 6.30. The second-order valence-electron chi connectivity index (χ2n) is 4.40. The lowest BCUT2D eigenvalue weighted by atomic mass is 10.1. The molecule has 0 fully saturated rings. The van der Waals surface area contributed by atoms with Crippen LogP contribution in [0.2, 0.25) is 5.02 Å². The molecule has 0 saturated heterocycles. The van der Waals surface area contributed by atoms with Crippen LogP contribution >= 0.6 is 11.6 Å². The van der Waals surface area contributed by atoms with E-state index in [4.69, 9.17) is 11.6 Å². The number of amides is 1. The van der Waals surface area contributed by atoms with E-state index >= 15 is 0 Å². The molecule has 0 aliphatic carbocycles. The van der Waals surface area contributed by atoms with E-state index < -0.39 is 6.10 Å². The highest BCUT2D eigenvalue weighted by atomic mass is 35.5. The first-order chi connectivity index (χ1) is 8.50. The lowest BCUT2D eigenvalue weighted by molar-refractivity contribution is -0.129. The van der Waals surface area contributed by atoms with Crippen LogP contribution < -0.4 is 5.32 Å². The van der Waals surface area contributed by atoms with Crippen LogP contribution in [0.3, 0.4) is 0 Å². The molecule has 1 rings (SSSR count). The van der Waals surface area contributed by atoms with Crippen LogP contribution in [0, 0.1) is 0 Å². The monoisotopic (exact) mass is 270 g/mol. The smallest absolute Gasteiger partial charge is 0.253 e. The molecular weight excluding hydrogens is 252 g/mol. The van der Waals surface area contributed by atoms with Gasteiger partial charge in [0.1, 0.15) is 0 Å². The maximum atomic E-state index is 11.7. The summed E-state index contributed by atoms with van der Waals surface area (Å²) < 4.78 is 0. The number of halogens is 1. The van der Waals surface area contributed by atoms with Crippen molar-refractivity contribution in [3.63, 3.8) is 0 Å². The molecular formula is C13H19ClN2O2. The topological polar surface area (TPSA) is 52.6 Å². The third-order valence-corrected chi connectivity index (χ3v) is 2.77. The second kappa shape index (κ2) is 7.36. The quantitative estimate of drug-likeness (QED) is 0.769. The number of nitrogens with one attached hydrogen (secondary N) is 1. The summed E-state index contributed by atoms with van der Waals surface area (Å²) >= 11 is 5.74. The SMILES string of the molecule is CN(C)CCCNC(=O)C(O)c1ccc(Cl)cc1. The molecule has 0 aliphatic heterocycles. The number of carbonyl (C=O) groups excluding carboxylic acids is 1. The summed E-state index contributed by atoms with van der Waals surface area (Å²) in [6.45, 7) is 1.46. The minimum Gasteiger partial charge on any atom is -0.378 e. The Morgan fingerprint density at radius 3 is 2.56 bits per heavy atom. The fourth-order valence-electron chi connectivity index (χ4n) is 1.50. The molecule has 0 heterocycles. The average Bonchev–Trinajstić information content (AvgIpc) is 2.34. The van der Waals surface area contributed by atoms with Crippen molar-refractivity contribution in [3.05, 3.63) is 34.9 Å². The molecule has 0 spiro atoms. The Labute approximate surface area is 113 Å².